The molecule has 0 aliphatic carbocycles. The van der Waals surface area contributed by atoms with Crippen LogP contribution in [-0.2, 0) is 17.8 Å². The van der Waals surface area contributed by atoms with Crippen LogP contribution in [0.15, 0.2) is 52.1 Å². The van der Waals surface area contributed by atoms with E-state index < -0.39 is 0 Å². The van der Waals surface area contributed by atoms with Crippen LogP contribution in [0, 0.1) is 0 Å². The summed E-state index contributed by atoms with van der Waals surface area (Å²) in [5, 5.41) is 6.73. The molecule has 1 fully saturated rings. The second-order valence-electron chi connectivity index (χ2n) is 8.54. The van der Waals surface area contributed by atoms with Crippen LogP contribution >= 0.6 is 0 Å². The molecule has 0 saturated carbocycles. The summed E-state index contributed by atoms with van der Waals surface area (Å²) >= 11 is 0. The molecular weight excluding hydrogens is 402 g/mol. The molecule has 3 heterocycles. The molecule has 1 atom stereocenters. The Balaban J connectivity index is 1.36. The van der Waals surface area contributed by atoms with Crippen LogP contribution in [0.1, 0.15) is 49.1 Å². The second kappa shape index (κ2) is 11.2. The number of piperidine rings is 1. The zero-order valence-electron chi connectivity index (χ0n) is 19.1. The first-order valence-electron chi connectivity index (χ1n) is 11.9. The highest BCUT2D eigenvalue weighted by Crippen LogP contribution is 2.24. The number of amides is 1. The molecule has 32 heavy (non-hydrogen) atoms. The van der Waals surface area contributed by atoms with Gasteiger partial charge in [-0.05, 0) is 62.5 Å². The molecule has 7 nitrogen and oxygen atoms in total. The lowest BCUT2D eigenvalue weighted by molar-refractivity contribution is -0.130. The van der Waals surface area contributed by atoms with Gasteiger partial charge in [0.15, 0.2) is 5.96 Å². The summed E-state index contributed by atoms with van der Waals surface area (Å²) < 4.78 is 5.74. The first kappa shape index (κ1) is 22.4. The van der Waals surface area contributed by atoms with E-state index in [1.807, 2.05) is 30.0 Å². The molecule has 0 bridgehead atoms. The van der Waals surface area contributed by atoms with Gasteiger partial charge in [-0.25, -0.2) is 4.99 Å². The largest absolute Gasteiger partial charge is 0.468 e. The lowest BCUT2D eigenvalue weighted by Gasteiger charge is -2.33. The molecular formula is C25H35N5O2. The quantitative estimate of drug-likeness (QED) is 0.515. The monoisotopic (exact) mass is 437 g/mol. The van der Waals surface area contributed by atoms with Gasteiger partial charge in [0.25, 0.3) is 0 Å². The number of hydrogen-bond acceptors (Lipinski definition) is 4. The van der Waals surface area contributed by atoms with Gasteiger partial charge in [0, 0.05) is 26.2 Å². The molecule has 0 spiro atoms. The number of likely N-dealkylation sites (tertiary alicyclic amines) is 1. The van der Waals surface area contributed by atoms with Gasteiger partial charge >= 0.3 is 0 Å². The van der Waals surface area contributed by atoms with Crippen LogP contribution in [0.25, 0.3) is 0 Å². The fraction of sp³-hybridized carbons (Fsp3) is 0.520. The third-order valence-electron chi connectivity index (χ3n) is 6.37. The van der Waals surface area contributed by atoms with E-state index in [2.05, 4.69) is 38.7 Å². The van der Waals surface area contributed by atoms with Gasteiger partial charge in [-0.15, -0.1) is 0 Å². The first-order chi connectivity index (χ1) is 15.7. The predicted molar refractivity (Wildman–Crippen MR) is 126 cm³/mol. The van der Waals surface area contributed by atoms with Crippen LogP contribution in [0.2, 0.25) is 0 Å². The summed E-state index contributed by atoms with van der Waals surface area (Å²) in [4.78, 5) is 21.8. The lowest BCUT2D eigenvalue weighted by Crippen LogP contribution is -2.45. The highest BCUT2D eigenvalue weighted by atomic mass is 16.3. The molecule has 7 heteroatoms. The summed E-state index contributed by atoms with van der Waals surface area (Å²) in [7, 11) is 0. The minimum atomic E-state index is 0.0651. The number of furan rings is 1. The van der Waals surface area contributed by atoms with E-state index in [-0.39, 0.29) is 18.5 Å². The molecule has 1 unspecified atom stereocenters. The zero-order chi connectivity index (χ0) is 22.2. The second-order valence-corrected chi connectivity index (χ2v) is 8.54. The highest BCUT2D eigenvalue weighted by Gasteiger charge is 2.25. The number of hydrogen-bond donors (Lipinski definition) is 2. The SMILES string of the molecule is CCNC(=NCC(=O)N1CCc2ccccc2C1)NCC(c1ccco1)N1CCCCC1. The number of carbonyl (C=O) groups is 1. The molecule has 172 valence electrons. The lowest BCUT2D eigenvalue weighted by atomic mass is 10.00. The molecule has 2 N–H and O–H groups in total. The molecule has 2 aliphatic rings. The van der Waals surface area contributed by atoms with Gasteiger partial charge in [0.1, 0.15) is 12.3 Å². The van der Waals surface area contributed by atoms with E-state index in [1.54, 1.807) is 6.26 Å². The molecule has 4 rings (SSSR count). The van der Waals surface area contributed by atoms with Gasteiger partial charge < -0.3 is 20.0 Å². The average molecular weight is 438 g/mol. The minimum absolute atomic E-state index is 0.0651. The number of nitrogens with one attached hydrogen (secondary N) is 2. The van der Waals surface area contributed by atoms with Gasteiger partial charge in [-0.2, -0.15) is 0 Å². The van der Waals surface area contributed by atoms with Crippen molar-refractivity contribution in [3.8, 4) is 0 Å². The third kappa shape index (κ3) is 5.71. The van der Waals surface area contributed by atoms with Gasteiger partial charge in [-0.1, -0.05) is 30.7 Å². The highest BCUT2D eigenvalue weighted by molar-refractivity contribution is 5.85. The van der Waals surface area contributed by atoms with E-state index in [1.165, 1.54) is 30.4 Å². The van der Waals surface area contributed by atoms with Crippen LogP contribution in [0.5, 0.6) is 0 Å². The number of benzene rings is 1. The number of rotatable bonds is 7. The summed E-state index contributed by atoms with van der Waals surface area (Å²) in [6.45, 7) is 7.19. The number of guanidine groups is 1. The standard InChI is InChI=1S/C25H35N5O2/c1-2-26-25(27-17-22(23-11-8-16-32-23)29-13-6-3-7-14-29)28-18-24(31)30-15-12-20-9-4-5-10-21(20)19-30/h4-5,8-11,16,22H,2-3,6-7,12-15,17-19H2,1H3,(H2,26,27,28). The smallest absolute Gasteiger partial charge is 0.244 e. The maximum atomic E-state index is 12.8. The summed E-state index contributed by atoms with van der Waals surface area (Å²) in [5.41, 5.74) is 2.58. The maximum Gasteiger partial charge on any atom is 0.244 e. The fourth-order valence-corrected chi connectivity index (χ4v) is 4.61. The molecule has 2 aromatic rings. The van der Waals surface area contributed by atoms with Crippen molar-refractivity contribution in [2.75, 3.05) is 39.3 Å². The normalized spacial score (nSPS) is 18.2. The molecule has 1 aromatic heterocycles. The van der Waals surface area contributed by atoms with E-state index in [9.17, 15) is 4.79 Å². The molecule has 0 radical (unpaired) electrons. The Hall–Kier alpha value is -2.80. The van der Waals surface area contributed by atoms with Crippen molar-refractivity contribution in [3.63, 3.8) is 0 Å². The first-order valence-corrected chi connectivity index (χ1v) is 11.9. The number of carbonyl (C=O) groups excluding carboxylic acids is 1. The van der Waals surface area contributed by atoms with E-state index in [0.29, 0.717) is 19.0 Å². The third-order valence-corrected chi connectivity index (χ3v) is 6.37. The Morgan fingerprint density at radius 2 is 1.88 bits per heavy atom. The van der Waals surface area contributed by atoms with Gasteiger partial charge in [-0.3, -0.25) is 9.69 Å². The van der Waals surface area contributed by atoms with Crippen molar-refractivity contribution in [1.82, 2.24) is 20.4 Å². The topological polar surface area (TPSA) is 73.1 Å². The van der Waals surface area contributed by atoms with Crippen molar-refractivity contribution in [2.45, 2.75) is 45.2 Å². The number of nitrogens with zero attached hydrogens (tertiary/aromatic N) is 3. The average Bonchev–Trinajstić information content (AvgIpc) is 3.37. The van der Waals surface area contributed by atoms with Gasteiger partial charge in [0.05, 0.1) is 12.3 Å². The zero-order valence-corrected chi connectivity index (χ0v) is 19.1. The predicted octanol–water partition coefficient (Wildman–Crippen LogP) is 2.95. The minimum Gasteiger partial charge on any atom is -0.468 e. The fourth-order valence-electron chi connectivity index (χ4n) is 4.61. The molecule has 1 amide bonds. The number of aliphatic imine (C=N–C) groups is 1. The van der Waals surface area contributed by atoms with E-state index in [4.69, 9.17) is 4.42 Å². The van der Waals surface area contributed by atoms with Gasteiger partial charge in [0.2, 0.25) is 5.91 Å². The van der Waals surface area contributed by atoms with Crippen LogP contribution in [0.3, 0.4) is 0 Å². The maximum absolute atomic E-state index is 12.8. The van der Waals surface area contributed by atoms with Crippen molar-refractivity contribution < 1.29 is 9.21 Å². The molecule has 1 aromatic carbocycles. The van der Waals surface area contributed by atoms with Crippen LogP contribution in [0.4, 0.5) is 0 Å². The number of fused-ring (bicyclic) bond motifs is 1. The van der Waals surface area contributed by atoms with Crippen LogP contribution < -0.4 is 10.6 Å². The summed E-state index contributed by atoms with van der Waals surface area (Å²) in [5.74, 6) is 1.71. The van der Waals surface area contributed by atoms with Crippen molar-refractivity contribution in [2.24, 2.45) is 4.99 Å². The molecule has 2 aliphatic heterocycles. The Labute approximate surface area is 190 Å². The summed E-state index contributed by atoms with van der Waals surface area (Å²) in [6.07, 6.45) is 6.38. The Morgan fingerprint density at radius 1 is 1.06 bits per heavy atom. The van der Waals surface area contributed by atoms with Crippen molar-refractivity contribution in [1.29, 1.82) is 0 Å². The van der Waals surface area contributed by atoms with Crippen LogP contribution in [-0.4, -0.2) is 60.9 Å². The van der Waals surface area contributed by atoms with E-state index >= 15 is 0 Å². The molecule has 1 saturated heterocycles. The Kier molecular flexibility index (Phi) is 7.82. The summed E-state index contributed by atoms with van der Waals surface area (Å²) in [6, 6.07) is 12.5. The van der Waals surface area contributed by atoms with Crippen molar-refractivity contribution in [3.05, 3.63) is 59.5 Å². The van der Waals surface area contributed by atoms with Crippen molar-refractivity contribution >= 4 is 11.9 Å². The Bertz CT molecular complexity index is 889. The Morgan fingerprint density at radius 3 is 2.62 bits per heavy atom. The van der Waals surface area contributed by atoms with E-state index in [0.717, 1.165) is 38.4 Å².